The maximum Gasteiger partial charge on any atom is 0.410 e. The smallest absolute Gasteiger partial charge is 0.410 e. The fourth-order valence-corrected chi connectivity index (χ4v) is 3.29. The predicted molar refractivity (Wildman–Crippen MR) is 119 cm³/mol. The lowest BCUT2D eigenvalue weighted by molar-refractivity contribution is 0.0126. The van der Waals surface area contributed by atoms with E-state index in [-0.39, 0.29) is 12.2 Å². The Labute approximate surface area is 180 Å². The number of benzene rings is 2. The molecule has 1 fully saturated rings. The Balaban J connectivity index is 1.59. The standard InChI is InChI=1S/C23H27BrN2O3/c1-23(2,3)29-22(27)26-14-12-20(13-15-26)28-21-7-5-4-6-17(21)16-25-19-10-8-18(24)9-11-19/h4-11,16,20H,12-15H2,1-3H3. The molecule has 2 aromatic rings. The lowest BCUT2D eigenvalue weighted by atomic mass is 10.1. The summed E-state index contributed by atoms with van der Waals surface area (Å²) in [6.07, 6.45) is 3.19. The van der Waals surface area contributed by atoms with E-state index in [9.17, 15) is 4.79 Å². The van der Waals surface area contributed by atoms with Gasteiger partial charge in [0.2, 0.25) is 0 Å². The van der Waals surface area contributed by atoms with E-state index in [0.717, 1.165) is 34.3 Å². The Morgan fingerprint density at radius 3 is 2.41 bits per heavy atom. The maximum absolute atomic E-state index is 12.2. The highest BCUT2D eigenvalue weighted by atomic mass is 79.9. The third-order valence-corrected chi connectivity index (χ3v) is 5.01. The summed E-state index contributed by atoms with van der Waals surface area (Å²) in [5.41, 5.74) is 1.34. The first-order valence-electron chi connectivity index (χ1n) is 9.83. The van der Waals surface area contributed by atoms with Crippen molar-refractivity contribution in [3.63, 3.8) is 0 Å². The van der Waals surface area contributed by atoms with Crippen molar-refractivity contribution in [1.29, 1.82) is 0 Å². The molecule has 1 aliphatic heterocycles. The van der Waals surface area contributed by atoms with Gasteiger partial charge in [-0.25, -0.2) is 4.79 Å². The lowest BCUT2D eigenvalue weighted by Gasteiger charge is -2.33. The quantitative estimate of drug-likeness (QED) is 0.529. The van der Waals surface area contributed by atoms with Gasteiger partial charge >= 0.3 is 6.09 Å². The number of ether oxygens (including phenoxy) is 2. The normalized spacial score (nSPS) is 15.5. The molecule has 0 N–H and O–H groups in total. The Kier molecular flexibility index (Phi) is 6.96. The zero-order chi connectivity index (χ0) is 20.9. The minimum Gasteiger partial charge on any atom is -0.490 e. The molecule has 1 saturated heterocycles. The lowest BCUT2D eigenvalue weighted by Crippen LogP contribution is -2.44. The van der Waals surface area contributed by atoms with E-state index in [1.54, 1.807) is 4.90 Å². The summed E-state index contributed by atoms with van der Waals surface area (Å²) in [5.74, 6) is 0.809. The average Bonchev–Trinajstić information content (AvgIpc) is 2.68. The first-order chi connectivity index (χ1) is 13.8. The maximum atomic E-state index is 12.2. The number of carbonyl (C=O) groups is 1. The first kappa shape index (κ1) is 21.4. The van der Waals surface area contributed by atoms with Crippen molar-refractivity contribution in [2.24, 2.45) is 4.99 Å². The molecule has 6 heteroatoms. The van der Waals surface area contributed by atoms with Crippen LogP contribution in [-0.2, 0) is 4.74 Å². The molecule has 154 valence electrons. The third kappa shape index (κ3) is 6.60. The van der Waals surface area contributed by atoms with Gasteiger partial charge < -0.3 is 14.4 Å². The number of nitrogens with zero attached hydrogens (tertiary/aromatic N) is 2. The highest BCUT2D eigenvalue weighted by Gasteiger charge is 2.27. The number of aliphatic imine (C=N–C) groups is 1. The van der Waals surface area contributed by atoms with Crippen molar-refractivity contribution < 1.29 is 14.3 Å². The summed E-state index contributed by atoms with van der Waals surface area (Å²) in [6.45, 7) is 6.91. The predicted octanol–water partition coefficient (Wildman–Crippen LogP) is 5.98. The number of piperidine rings is 1. The van der Waals surface area contributed by atoms with Crippen molar-refractivity contribution >= 4 is 33.9 Å². The van der Waals surface area contributed by atoms with Crippen LogP contribution in [0.2, 0.25) is 0 Å². The van der Waals surface area contributed by atoms with Gasteiger partial charge in [-0.3, -0.25) is 4.99 Å². The number of hydrogen-bond acceptors (Lipinski definition) is 4. The first-order valence-corrected chi connectivity index (χ1v) is 10.6. The number of para-hydroxylation sites is 1. The van der Waals surface area contributed by atoms with E-state index in [1.807, 2.05) is 75.5 Å². The van der Waals surface area contributed by atoms with Gasteiger partial charge in [-0.05, 0) is 57.2 Å². The summed E-state index contributed by atoms with van der Waals surface area (Å²) in [4.78, 5) is 18.5. The number of amides is 1. The number of halogens is 1. The SMILES string of the molecule is CC(C)(C)OC(=O)N1CCC(Oc2ccccc2C=Nc2ccc(Br)cc2)CC1. The second-order valence-corrected chi connectivity index (χ2v) is 8.97. The van der Waals surface area contributed by atoms with Crippen LogP contribution in [-0.4, -0.2) is 42.0 Å². The molecule has 0 atom stereocenters. The summed E-state index contributed by atoms with van der Waals surface area (Å²) < 4.78 is 12.7. The minimum absolute atomic E-state index is 0.0657. The number of carbonyl (C=O) groups excluding carboxylic acids is 1. The zero-order valence-electron chi connectivity index (χ0n) is 17.1. The van der Waals surface area contributed by atoms with Gasteiger partial charge in [0.1, 0.15) is 17.5 Å². The molecule has 0 aliphatic carbocycles. The van der Waals surface area contributed by atoms with Gasteiger partial charge in [-0.15, -0.1) is 0 Å². The van der Waals surface area contributed by atoms with Crippen LogP contribution in [0.15, 0.2) is 58.0 Å². The van der Waals surface area contributed by atoms with Crippen molar-refractivity contribution in [1.82, 2.24) is 4.90 Å². The fourth-order valence-electron chi connectivity index (χ4n) is 3.03. The Morgan fingerprint density at radius 2 is 1.76 bits per heavy atom. The van der Waals surface area contributed by atoms with E-state index < -0.39 is 5.60 Å². The minimum atomic E-state index is -0.475. The molecule has 3 rings (SSSR count). The van der Waals surface area contributed by atoms with Gasteiger partial charge in [0.05, 0.1) is 5.69 Å². The van der Waals surface area contributed by atoms with Crippen LogP contribution in [0.5, 0.6) is 5.75 Å². The molecule has 0 spiro atoms. The summed E-state index contributed by atoms with van der Waals surface area (Å²) in [5, 5.41) is 0. The molecule has 29 heavy (non-hydrogen) atoms. The van der Waals surface area contributed by atoms with E-state index in [0.29, 0.717) is 13.1 Å². The van der Waals surface area contributed by atoms with Crippen LogP contribution >= 0.6 is 15.9 Å². The molecular formula is C23H27BrN2O3. The Bertz CT molecular complexity index is 851. The second kappa shape index (κ2) is 9.44. The van der Waals surface area contributed by atoms with E-state index >= 15 is 0 Å². The van der Waals surface area contributed by atoms with Crippen LogP contribution in [0.1, 0.15) is 39.2 Å². The number of rotatable bonds is 4. The van der Waals surface area contributed by atoms with Gasteiger partial charge in [-0.1, -0.05) is 28.1 Å². The van der Waals surface area contributed by atoms with Gasteiger partial charge in [0.15, 0.2) is 0 Å². The van der Waals surface area contributed by atoms with Crippen molar-refractivity contribution in [2.75, 3.05) is 13.1 Å². The average molecular weight is 459 g/mol. The molecule has 5 nitrogen and oxygen atoms in total. The zero-order valence-corrected chi connectivity index (χ0v) is 18.7. The molecule has 1 aliphatic rings. The summed E-state index contributed by atoms with van der Waals surface area (Å²) in [7, 11) is 0. The van der Waals surface area contributed by atoms with E-state index in [4.69, 9.17) is 9.47 Å². The van der Waals surface area contributed by atoms with Crippen molar-refractivity contribution in [3.05, 3.63) is 58.6 Å². The van der Waals surface area contributed by atoms with Crippen LogP contribution in [0, 0.1) is 0 Å². The number of likely N-dealkylation sites (tertiary alicyclic amines) is 1. The van der Waals surface area contributed by atoms with Crippen LogP contribution in [0.4, 0.5) is 10.5 Å². The highest BCUT2D eigenvalue weighted by Crippen LogP contribution is 2.24. The molecule has 0 radical (unpaired) electrons. The molecular weight excluding hydrogens is 432 g/mol. The largest absolute Gasteiger partial charge is 0.490 e. The topological polar surface area (TPSA) is 51.1 Å². The van der Waals surface area contributed by atoms with Crippen LogP contribution in [0.3, 0.4) is 0 Å². The molecule has 0 unspecified atom stereocenters. The van der Waals surface area contributed by atoms with Crippen molar-refractivity contribution in [2.45, 2.75) is 45.3 Å². The molecule has 0 saturated carbocycles. The molecule has 1 amide bonds. The monoisotopic (exact) mass is 458 g/mol. The highest BCUT2D eigenvalue weighted by molar-refractivity contribution is 9.10. The number of hydrogen-bond donors (Lipinski definition) is 0. The molecule has 0 aromatic heterocycles. The molecule has 2 aromatic carbocycles. The Hall–Kier alpha value is -2.34. The second-order valence-electron chi connectivity index (χ2n) is 8.06. The van der Waals surface area contributed by atoms with Crippen molar-refractivity contribution in [3.8, 4) is 5.75 Å². The van der Waals surface area contributed by atoms with Gasteiger partial charge in [0.25, 0.3) is 0 Å². The van der Waals surface area contributed by atoms with E-state index in [2.05, 4.69) is 20.9 Å². The van der Waals surface area contributed by atoms with Crippen LogP contribution in [0.25, 0.3) is 0 Å². The van der Waals surface area contributed by atoms with E-state index in [1.165, 1.54) is 0 Å². The fraction of sp³-hybridized carbons (Fsp3) is 0.391. The molecule has 1 heterocycles. The van der Waals surface area contributed by atoms with Gasteiger partial charge in [0, 0.05) is 42.2 Å². The van der Waals surface area contributed by atoms with Crippen LogP contribution < -0.4 is 4.74 Å². The Morgan fingerprint density at radius 1 is 1.10 bits per heavy atom. The summed E-state index contributed by atoms with van der Waals surface area (Å²) in [6, 6.07) is 15.7. The third-order valence-electron chi connectivity index (χ3n) is 4.49. The molecule has 0 bridgehead atoms. The van der Waals surface area contributed by atoms with Gasteiger partial charge in [-0.2, -0.15) is 0 Å². The summed E-state index contributed by atoms with van der Waals surface area (Å²) >= 11 is 3.43.